The highest BCUT2D eigenvalue weighted by molar-refractivity contribution is 5.77. The number of amides is 1. The lowest BCUT2D eigenvalue weighted by molar-refractivity contribution is -0.384. The fourth-order valence-electron chi connectivity index (χ4n) is 3.17. The number of aryl methyl sites for hydroxylation is 1. The molecule has 1 heterocycles. The second-order valence-electron chi connectivity index (χ2n) is 6.95. The Balaban J connectivity index is 1.58. The quantitative estimate of drug-likeness (QED) is 0.418. The van der Waals surface area contributed by atoms with E-state index in [1.165, 1.54) is 25.3 Å². The molecule has 9 heteroatoms. The maximum absolute atomic E-state index is 12.3. The minimum absolute atomic E-state index is 0.118. The molecule has 31 heavy (non-hydrogen) atoms. The first-order chi connectivity index (χ1) is 14.9. The summed E-state index contributed by atoms with van der Waals surface area (Å²) in [4.78, 5) is 22.6. The molecular formula is C22H24N4O5. The molecule has 0 spiro atoms. The van der Waals surface area contributed by atoms with Crippen LogP contribution in [-0.4, -0.2) is 34.3 Å². The summed E-state index contributed by atoms with van der Waals surface area (Å²) in [5.41, 5.74) is 3.82. The lowest BCUT2D eigenvalue weighted by Gasteiger charge is -2.11. The van der Waals surface area contributed by atoms with Crippen LogP contribution in [0.1, 0.15) is 22.5 Å². The number of benzene rings is 2. The van der Waals surface area contributed by atoms with Gasteiger partial charge in [-0.2, -0.15) is 5.10 Å². The van der Waals surface area contributed by atoms with Gasteiger partial charge in [-0.3, -0.25) is 19.6 Å². The fourth-order valence-corrected chi connectivity index (χ4v) is 3.17. The van der Waals surface area contributed by atoms with Crippen LogP contribution in [0.25, 0.3) is 0 Å². The van der Waals surface area contributed by atoms with Crippen LogP contribution in [0.2, 0.25) is 0 Å². The lowest BCUT2D eigenvalue weighted by atomic mass is 10.2. The predicted octanol–water partition coefficient (Wildman–Crippen LogP) is 3.16. The van der Waals surface area contributed by atoms with E-state index in [4.69, 9.17) is 9.47 Å². The van der Waals surface area contributed by atoms with Crippen LogP contribution in [0.5, 0.6) is 11.5 Å². The van der Waals surface area contributed by atoms with Crippen molar-refractivity contribution in [2.75, 3.05) is 13.7 Å². The Kier molecular flexibility index (Phi) is 6.86. The number of nitro benzene ring substituents is 1. The number of carbonyl (C=O) groups is 1. The van der Waals surface area contributed by atoms with Crippen LogP contribution in [0.15, 0.2) is 48.5 Å². The van der Waals surface area contributed by atoms with E-state index in [0.29, 0.717) is 13.1 Å². The number of hydrogen-bond donors (Lipinski definition) is 1. The van der Waals surface area contributed by atoms with E-state index in [-0.39, 0.29) is 29.7 Å². The Morgan fingerprint density at radius 1 is 1.16 bits per heavy atom. The number of non-ortho nitro benzene ring substituents is 1. The molecule has 0 atom stereocenters. The minimum Gasteiger partial charge on any atom is -0.493 e. The monoisotopic (exact) mass is 424 g/mol. The van der Waals surface area contributed by atoms with Gasteiger partial charge in [-0.25, -0.2) is 0 Å². The molecule has 3 rings (SSSR count). The van der Waals surface area contributed by atoms with Gasteiger partial charge in [-0.05, 0) is 25.5 Å². The van der Waals surface area contributed by atoms with Gasteiger partial charge in [0.2, 0.25) is 0 Å². The second kappa shape index (κ2) is 9.75. The molecule has 0 saturated carbocycles. The Bertz CT molecular complexity index is 1080. The maximum Gasteiger partial charge on any atom is 0.273 e. The molecule has 0 unspecified atom stereocenters. The molecule has 0 aliphatic heterocycles. The van der Waals surface area contributed by atoms with Crippen LogP contribution >= 0.6 is 0 Å². The highest BCUT2D eigenvalue weighted by Gasteiger charge is 2.15. The van der Waals surface area contributed by atoms with Gasteiger partial charge in [0.1, 0.15) is 0 Å². The summed E-state index contributed by atoms with van der Waals surface area (Å²) in [5.74, 6) is 0.122. The van der Waals surface area contributed by atoms with E-state index in [1.54, 1.807) is 0 Å². The third-order valence-electron chi connectivity index (χ3n) is 4.89. The number of nitro groups is 1. The zero-order valence-electron chi connectivity index (χ0n) is 17.6. The Morgan fingerprint density at radius 2 is 1.90 bits per heavy atom. The van der Waals surface area contributed by atoms with E-state index in [0.717, 1.165) is 22.5 Å². The molecule has 0 aliphatic rings. The first kappa shape index (κ1) is 21.8. The van der Waals surface area contributed by atoms with Crippen LogP contribution in [0.3, 0.4) is 0 Å². The summed E-state index contributed by atoms with van der Waals surface area (Å²) >= 11 is 0. The van der Waals surface area contributed by atoms with Crippen molar-refractivity contribution in [1.29, 1.82) is 0 Å². The SMILES string of the molecule is COc1cc([N+](=O)[O-])ccc1OCC(=O)NCc1c(C)nn(Cc2ccccc2)c1C. The zero-order valence-corrected chi connectivity index (χ0v) is 17.6. The maximum atomic E-state index is 12.3. The van der Waals surface area contributed by atoms with Crippen LogP contribution < -0.4 is 14.8 Å². The number of nitrogens with zero attached hydrogens (tertiary/aromatic N) is 3. The van der Waals surface area contributed by atoms with Crippen molar-refractivity contribution in [1.82, 2.24) is 15.1 Å². The molecule has 3 aromatic rings. The number of aromatic nitrogens is 2. The van der Waals surface area contributed by atoms with Crippen molar-refractivity contribution in [3.8, 4) is 11.5 Å². The number of hydrogen-bond acceptors (Lipinski definition) is 6. The van der Waals surface area contributed by atoms with Gasteiger partial charge < -0.3 is 14.8 Å². The summed E-state index contributed by atoms with van der Waals surface area (Å²) in [6.07, 6.45) is 0. The largest absolute Gasteiger partial charge is 0.493 e. The number of rotatable bonds is 9. The standard InChI is InChI=1S/C22H24N4O5/c1-15-19(16(2)25(24-15)13-17-7-5-4-6-8-17)12-23-22(27)14-31-20-10-9-18(26(28)29)11-21(20)30-3/h4-11H,12-14H2,1-3H3,(H,23,27). The van der Waals surface area contributed by atoms with Gasteiger partial charge in [-0.15, -0.1) is 0 Å². The van der Waals surface area contributed by atoms with Crippen LogP contribution in [0.4, 0.5) is 5.69 Å². The molecule has 2 aromatic carbocycles. The number of carbonyl (C=O) groups excluding carboxylic acids is 1. The van der Waals surface area contributed by atoms with Crippen LogP contribution in [0, 0.1) is 24.0 Å². The number of nitrogens with one attached hydrogen (secondary N) is 1. The lowest BCUT2D eigenvalue weighted by Crippen LogP contribution is -2.28. The summed E-state index contributed by atoms with van der Waals surface area (Å²) in [5, 5.41) is 18.3. The third-order valence-corrected chi connectivity index (χ3v) is 4.89. The summed E-state index contributed by atoms with van der Waals surface area (Å²) in [6.45, 7) is 4.62. The summed E-state index contributed by atoms with van der Waals surface area (Å²) < 4.78 is 12.5. The van der Waals surface area contributed by atoms with E-state index in [2.05, 4.69) is 10.4 Å². The van der Waals surface area contributed by atoms with Crippen molar-refractivity contribution in [2.24, 2.45) is 0 Å². The van der Waals surface area contributed by atoms with Crippen molar-refractivity contribution in [2.45, 2.75) is 26.9 Å². The molecule has 0 saturated heterocycles. The molecule has 162 valence electrons. The van der Waals surface area contributed by atoms with E-state index in [1.807, 2.05) is 48.9 Å². The molecule has 9 nitrogen and oxygen atoms in total. The molecule has 0 aliphatic carbocycles. The Labute approximate surface area is 179 Å². The predicted molar refractivity (Wildman–Crippen MR) is 114 cm³/mol. The summed E-state index contributed by atoms with van der Waals surface area (Å²) in [6, 6.07) is 14.0. The van der Waals surface area contributed by atoms with Gasteiger partial charge >= 0.3 is 0 Å². The highest BCUT2D eigenvalue weighted by atomic mass is 16.6. The molecule has 0 bridgehead atoms. The van der Waals surface area contributed by atoms with Crippen molar-refractivity contribution >= 4 is 11.6 Å². The highest BCUT2D eigenvalue weighted by Crippen LogP contribution is 2.31. The number of ether oxygens (including phenoxy) is 2. The van der Waals surface area contributed by atoms with E-state index in [9.17, 15) is 14.9 Å². The van der Waals surface area contributed by atoms with Gasteiger partial charge in [0.25, 0.3) is 11.6 Å². The van der Waals surface area contributed by atoms with Crippen molar-refractivity contribution in [3.63, 3.8) is 0 Å². The third kappa shape index (κ3) is 5.39. The minimum atomic E-state index is -0.526. The average Bonchev–Trinajstić information content (AvgIpc) is 3.03. The van der Waals surface area contributed by atoms with Gasteiger partial charge in [0, 0.05) is 23.9 Å². The fraction of sp³-hybridized carbons (Fsp3) is 0.273. The van der Waals surface area contributed by atoms with E-state index < -0.39 is 4.92 Å². The second-order valence-corrected chi connectivity index (χ2v) is 6.95. The molecule has 0 radical (unpaired) electrons. The topological polar surface area (TPSA) is 109 Å². The van der Waals surface area contributed by atoms with Gasteiger partial charge in [-0.1, -0.05) is 30.3 Å². The molecule has 1 N–H and O–H groups in total. The normalized spacial score (nSPS) is 10.5. The van der Waals surface area contributed by atoms with Crippen molar-refractivity contribution in [3.05, 3.63) is 81.2 Å². The first-order valence-electron chi connectivity index (χ1n) is 9.67. The zero-order chi connectivity index (χ0) is 22.4. The van der Waals surface area contributed by atoms with Crippen molar-refractivity contribution < 1.29 is 19.2 Å². The van der Waals surface area contributed by atoms with Gasteiger partial charge in [0.15, 0.2) is 18.1 Å². The summed E-state index contributed by atoms with van der Waals surface area (Å²) in [7, 11) is 1.38. The molecule has 1 amide bonds. The average molecular weight is 424 g/mol. The number of methoxy groups -OCH3 is 1. The smallest absolute Gasteiger partial charge is 0.273 e. The Morgan fingerprint density at radius 3 is 2.58 bits per heavy atom. The van der Waals surface area contributed by atoms with E-state index >= 15 is 0 Å². The molecule has 1 aromatic heterocycles. The molecular weight excluding hydrogens is 400 g/mol. The first-order valence-corrected chi connectivity index (χ1v) is 9.67. The van der Waals surface area contributed by atoms with Crippen LogP contribution in [-0.2, 0) is 17.9 Å². The van der Waals surface area contributed by atoms with Gasteiger partial charge in [0.05, 0.1) is 30.3 Å². The Hall–Kier alpha value is -3.88. The molecule has 0 fully saturated rings.